The summed E-state index contributed by atoms with van der Waals surface area (Å²) in [6.45, 7) is 1.29. The van der Waals surface area contributed by atoms with E-state index >= 15 is 0 Å². The Hall–Kier alpha value is -1.14. The highest BCUT2D eigenvalue weighted by Gasteiger charge is 2.20. The van der Waals surface area contributed by atoms with Crippen molar-refractivity contribution in [3.8, 4) is 0 Å². The van der Waals surface area contributed by atoms with Gasteiger partial charge in [0.15, 0.2) is 0 Å². The maximum Gasteiger partial charge on any atom is 0.124 e. The largest absolute Gasteiger partial charge is 0.375 e. The van der Waals surface area contributed by atoms with E-state index in [1.807, 2.05) is 12.1 Å². The predicted molar refractivity (Wildman–Crippen MR) is 81.6 cm³/mol. The van der Waals surface area contributed by atoms with Gasteiger partial charge < -0.3 is 10.1 Å². The van der Waals surface area contributed by atoms with Gasteiger partial charge in [0.2, 0.25) is 0 Å². The molecule has 0 saturated carbocycles. The van der Waals surface area contributed by atoms with E-state index in [0.717, 1.165) is 9.26 Å². The van der Waals surface area contributed by atoms with Crippen LogP contribution in [0.1, 0.15) is 17.2 Å². The topological polar surface area (TPSA) is 21.3 Å². The first-order valence-electron chi connectivity index (χ1n) is 6.11. The zero-order valence-electron chi connectivity index (χ0n) is 10.2. The molecule has 0 aliphatic carbocycles. The van der Waals surface area contributed by atoms with Crippen molar-refractivity contribution < 1.29 is 9.13 Å². The molecule has 1 heterocycles. The summed E-state index contributed by atoms with van der Waals surface area (Å²) in [5.41, 5.74) is 3.41. The van der Waals surface area contributed by atoms with E-state index < -0.39 is 0 Å². The van der Waals surface area contributed by atoms with E-state index in [0.29, 0.717) is 13.2 Å². The van der Waals surface area contributed by atoms with Gasteiger partial charge in [-0.2, -0.15) is 0 Å². The normalized spacial score (nSPS) is 17.9. The Balaban J connectivity index is 1.88. The molecule has 3 rings (SSSR count). The van der Waals surface area contributed by atoms with Crippen LogP contribution in [-0.4, -0.2) is 6.61 Å². The Kier molecular flexibility index (Phi) is 3.70. The zero-order chi connectivity index (χ0) is 13.2. The molecule has 1 N–H and O–H groups in total. The first-order valence-corrected chi connectivity index (χ1v) is 7.19. The first kappa shape index (κ1) is 12.9. The highest BCUT2D eigenvalue weighted by atomic mass is 127. The average molecular weight is 369 g/mol. The Morgan fingerprint density at radius 3 is 2.89 bits per heavy atom. The van der Waals surface area contributed by atoms with Gasteiger partial charge in [0, 0.05) is 9.26 Å². The molecule has 1 aliphatic heterocycles. The summed E-state index contributed by atoms with van der Waals surface area (Å²) in [5, 5.41) is 3.43. The summed E-state index contributed by atoms with van der Waals surface area (Å²) in [6, 6.07) is 13.1. The van der Waals surface area contributed by atoms with Crippen molar-refractivity contribution in [3.63, 3.8) is 0 Å². The van der Waals surface area contributed by atoms with Crippen LogP contribution in [0, 0.1) is 9.39 Å². The lowest BCUT2D eigenvalue weighted by molar-refractivity contribution is 0.0970. The van der Waals surface area contributed by atoms with Gasteiger partial charge in [-0.25, -0.2) is 4.39 Å². The molecule has 2 aromatic rings. The van der Waals surface area contributed by atoms with Gasteiger partial charge in [-0.1, -0.05) is 24.3 Å². The van der Waals surface area contributed by atoms with Crippen LogP contribution in [0.3, 0.4) is 0 Å². The van der Waals surface area contributed by atoms with Crippen LogP contribution < -0.4 is 5.32 Å². The molecule has 2 aromatic carbocycles. The molecule has 1 unspecified atom stereocenters. The minimum absolute atomic E-state index is 0.115. The highest BCUT2D eigenvalue weighted by molar-refractivity contribution is 14.1. The summed E-state index contributed by atoms with van der Waals surface area (Å²) >= 11 is 2.14. The molecular weight excluding hydrogens is 356 g/mol. The minimum atomic E-state index is -0.213. The van der Waals surface area contributed by atoms with Crippen LogP contribution in [0.25, 0.3) is 0 Å². The Bertz CT molecular complexity index is 602. The number of rotatable bonds is 2. The van der Waals surface area contributed by atoms with Gasteiger partial charge in [-0.05, 0) is 51.9 Å². The van der Waals surface area contributed by atoms with Gasteiger partial charge in [-0.15, -0.1) is 0 Å². The fraction of sp³-hybridized carbons (Fsp3) is 0.200. The van der Waals surface area contributed by atoms with Crippen molar-refractivity contribution in [2.75, 3.05) is 11.9 Å². The van der Waals surface area contributed by atoms with Crippen molar-refractivity contribution in [2.24, 2.45) is 0 Å². The molecule has 0 bridgehead atoms. The van der Waals surface area contributed by atoms with Crippen molar-refractivity contribution in [1.82, 2.24) is 0 Å². The lowest BCUT2D eigenvalue weighted by Crippen LogP contribution is -2.23. The molecule has 19 heavy (non-hydrogen) atoms. The number of benzene rings is 2. The van der Waals surface area contributed by atoms with E-state index in [1.54, 1.807) is 6.07 Å². The smallest absolute Gasteiger partial charge is 0.124 e. The molecule has 2 nitrogen and oxygen atoms in total. The molecule has 4 heteroatoms. The Labute approximate surface area is 125 Å². The molecule has 0 fully saturated rings. The third kappa shape index (κ3) is 2.74. The molecular formula is C15H13FINO. The van der Waals surface area contributed by atoms with E-state index in [1.165, 1.54) is 23.3 Å². The molecule has 0 amide bonds. The summed E-state index contributed by atoms with van der Waals surface area (Å²) in [6.07, 6.45) is 0. The lowest BCUT2D eigenvalue weighted by Gasteiger charge is -2.27. The van der Waals surface area contributed by atoms with Crippen LogP contribution >= 0.6 is 22.6 Å². The second-order valence-corrected chi connectivity index (χ2v) is 5.70. The van der Waals surface area contributed by atoms with Gasteiger partial charge in [0.25, 0.3) is 0 Å². The summed E-state index contributed by atoms with van der Waals surface area (Å²) in [5.74, 6) is -0.213. The van der Waals surface area contributed by atoms with Crippen molar-refractivity contribution >= 4 is 28.3 Å². The van der Waals surface area contributed by atoms with E-state index in [-0.39, 0.29) is 11.9 Å². The third-order valence-electron chi connectivity index (χ3n) is 3.23. The summed E-state index contributed by atoms with van der Waals surface area (Å²) in [4.78, 5) is 0. The number of ether oxygens (including phenoxy) is 1. The summed E-state index contributed by atoms with van der Waals surface area (Å²) < 4.78 is 19.6. The quantitative estimate of drug-likeness (QED) is 0.805. The summed E-state index contributed by atoms with van der Waals surface area (Å²) in [7, 11) is 0. The zero-order valence-corrected chi connectivity index (χ0v) is 12.4. The van der Waals surface area contributed by atoms with E-state index in [2.05, 4.69) is 40.0 Å². The molecule has 0 saturated heterocycles. The van der Waals surface area contributed by atoms with Crippen LogP contribution in [0.4, 0.5) is 10.1 Å². The van der Waals surface area contributed by atoms with Gasteiger partial charge in [0.1, 0.15) is 5.82 Å². The van der Waals surface area contributed by atoms with Crippen molar-refractivity contribution in [3.05, 3.63) is 63.0 Å². The number of anilines is 1. The number of fused-ring (bicyclic) bond motifs is 1. The number of halogens is 2. The number of hydrogen-bond donors (Lipinski definition) is 1. The maximum atomic E-state index is 13.1. The molecule has 0 spiro atoms. The molecule has 1 atom stereocenters. The maximum absolute atomic E-state index is 13.1. The average Bonchev–Trinajstić information content (AvgIpc) is 2.42. The third-order valence-corrected chi connectivity index (χ3v) is 4.13. The SMILES string of the molecule is Fc1ccc(NC2COCc3ccccc32)c(I)c1. The van der Waals surface area contributed by atoms with Gasteiger partial charge in [0.05, 0.1) is 19.3 Å². The fourth-order valence-electron chi connectivity index (χ4n) is 2.30. The van der Waals surface area contributed by atoms with Crippen LogP contribution in [0.15, 0.2) is 42.5 Å². The first-order chi connectivity index (χ1) is 9.24. The van der Waals surface area contributed by atoms with Crippen molar-refractivity contribution in [1.29, 1.82) is 0 Å². The Morgan fingerprint density at radius 2 is 2.05 bits per heavy atom. The second-order valence-electron chi connectivity index (χ2n) is 4.54. The minimum Gasteiger partial charge on any atom is -0.375 e. The molecule has 98 valence electrons. The fourth-order valence-corrected chi connectivity index (χ4v) is 2.93. The molecule has 0 radical (unpaired) electrons. The van der Waals surface area contributed by atoms with Crippen LogP contribution in [0.5, 0.6) is 0 Å². The monoisotopic (exact) mass is 369 g/mol. The highest BCUT2D eigenvalue weighted by Crippen LogP contribution is 2.29. The number of hydrogen-bond acceptors (Lipinski definition) is 2. The predicted octanol–water partition coefficient (Wildman–Crippen LogP) is 4.11. The van der Waals surface area contributed by atoms with Crippen molar-refractivity contribution in [2.45, 2.75) is 12.6 Å². The van der Waals surface area contributed by atoms with E-state index in [4.69, 9.17) is 4.74 Å². The standard InChI is InChI=1S/C15H13FINO/c16-11-5-6-14(13(17)7-11)18-15-9-19-8-10-3-1-2-4-12(10)15/h1-7,15,18H,8-9H2. The van der Waals surface area contributed by atoms with E-state index in [9.17, 15) is 4.39 Å². The van der Waals surface area contributed by atoms with Crippen LogP contribution in [-0.2, 0) is 11.3 Å². The van der Waals surface area contributed by atoms with Gasteiger partial charge >= 0.3 is 0 Å². The van der Waals surface area contributed by atoms with Gasteiger partial charge in [-0.3, -0.25) is 0 Å². The second kappa shape index (κ2) is 5.46. The van der Waals surface area contributed by atoms with Crippen LogP contribution in [0.2, 0.25) is 0 Å². The Morgan fingerprint density at radius 1 is 1.21 bits per heavy atom. The molecule has 1 aliphatic rings. The number of nitrogens with one attached hydrogen (secondary N) is 1. The lowest BCUT2D eigenvalue weighted by atomic mass is 9.99. The molecule has 0 aromatic heterocycles.